The monoisotopic (exact) mass is 474 g/mol. The third-order valence-corrected chi connectivity index (χ3v) is 6.49. The zero-order chi connectivity index (χ0) is 23.9. The molecule has 7 nitrogen and oxygen atoms in total. The summed E-state index contributed by atoms with van der Waals surface area (Å²) >= 11 is 1.35. The SMILES string of the molecule is CC(=O)N(c1ccccc1)c1nc(/C=C/C(=O)N2CCC(C(=O)Nc3ccccc3)CC2)cs1. The number of benzene rings is 2. The van der Waals surface area contributed by atoms with E-state index in [0.29, 0.717) is 36.8 Å². The highest BCUT2D eigenvalue weighted by Gasteiger charge is 2.26. The molecule has 8 heteroatoms. The molecule has 1 aliphatic rings. The fraction of sp³-hybridized carbons (Fsp3) is 0.231. The molecule has 0 aliphatic carbocycles. The van der Waals surface area contributed by atoms with Crippen LogP contribution in [0, 0.1) is 5.92 Å². The van der Waals surface area contributed by atoms with Crippen LogP contribution in [0.4, 0.5) is 16.5 Å². The molecule has 1 fully saturated rings. The zero-order valence-corrected chi connectivity index (χ0v) is 19.7. The number of piperidine rings is 1. The van der Waals surface area contributed by atoms with E-state index in [1.807, 2.05) is 66.0 Å². The number of likely N-dealkylation sites (tertiary alicyclic amines) is 1. The number of anilines is 3. The van der Waals surface area contributed by atoms with Gasteiger partial charge in [0.2, 0.25) is 17.7 Å². The van der Waals surface area contributed by atoms with Crippen molar-refractivity contribution in [1.29, 1.82) is 0 Å². The average Bonchev–Trinajstić information content (AvgIpc) is 3.32. The Morgan fingerprint density at radius 3 is 2.32 bits per heavy atom. The van der Waals surface area contributed by atoms with Crippen LogP contribution in [0.2, 0.25) is 0 Å². The summed E-state index contributed by atoms with van der Waals surface area (Å²) in [5.41, 5.74) is 2.15. The van der Waals surface area contributed by atoms with Crippen molar-refractivity contribution in [3.8, 4) is 0 Å². The quantitative estimate of drug-likeness (QED) is 0.524. The summed E-state index contributed by atoms with van der Waals surface area (Å²) in [6.07, 6.45) is 4.43. The lowest BCUT2D eigenvalue weighted by atomic mass is 9.95. The fourth-order valence-corrected chi connectivity index (χ4v) is 4.70. The van der Waals surface area contributed by atoms with E-state index in [2.05, 4.69) is 10.3 Å². The van der Waals surface area contributed by atoms with Gasteiger partial charge in [-0.25, -0.2) is 4.98 Å². The molecule has 4 rings (SSSR count). The number of amides is 3. The van der Waals surface area contributed by atoms with Gasteiger partial charge in [-0.2, -0.15) is 0 Å². The second kappa shape index (κ2) is 10.9. The van der Waals surface area contributed by atoms with Crippen molar-refractivity contribution in [3.05, 3.63) is 77.8 Å². The number of carbonyl (C=O) groups excluding carboxylic acids is 3. The average molecular weight is 475 g/mol. The van der Waals surface area contributed by atoms with Crippen LogP contribution in [0.25, 0.3) is 6.08 Å². The van der Waals surface area contributed by atoms with Crippen LogP contribution >= 0.6 is 11.3 Å². The molecule has 1 aromatic heterocycles. The Morgan fingerprint density at radius 2 is 1.68 bits per heavy atom. The summed E-state index contributed by atoms with van der Waals surface area (Å²) in [5.74, 6) is -0.351. The molecule has 0 spiro atoms. The Hall–Kier alpha value is -3.78. The Balaban J connectivity index is 1.32. The van der Waals surface area contributed by atoms with E-state index >= 15 is 0 Å². The van der Waals surface area contributed by atoms with Gasteiger partial charge >= 0.3 is 0 Å². The number of carbonyl (C=O) groups is 3. The molecule has 174 valence electrons. The Bertz CT molecular complexity index is 1170. The minimum Gasteiger partial charge on any atom is -0.339 e. The first-order valence-corrected chi connectivity index (χ1v) is 12.0. The number of nitrogens with one attached hydrogen (secondary N) is 1. The minimum atomic E-state index is -0.133. The summed E-state index contributed by atoms with van der Waals surface area (Å²) in [5, 5.41) is 5.31. The standard InChI is InChI=1S/C26H26N4O3S/c1-19(31)30(23-10-6-3-7-11-23)26-28-22(18-34-26)12-13-24(32)29-16-14-20(15-17-29)25(33)27-21-8-4-2-5-9-21/h2-13,18,20H,14-17H2,1H3,(H,27,33)/b13-12+. The highest BCUT2D eigenvalue weighted by Crippen LogP contribution is 2.29. The van der Waals surface area contributed by atoms with Gasteiger partial charge in [0, 0.05) is 43.1 Å². The smallest absolute Gasteiger partial charge is 0.246 e. The Kier molecular flexibility index (Phi) is 7.49. The van der Waals surface area contributed by atoms with Gasteiger partial charge in [0.1, 0.15) is 0 Å². The van der Waals surface area contributed by atoms with Crippen molar-refractivity contribution < 1.29 is 14.4 Å². The third kappa shape index (κ3) is 5.77. The van der Waals surface area contributed by atoms with Gasteiger partial charge in [0.25, 0.3) is 0 Å². The molecule has 2 heterocycles. The maximum Gasteiger partial charge on any atom is 0.246 e. The van der Waals surface area contributed by atoms with Crippen molar-refractivity contribution in [3.63, 3.8) is 0 Å². The van der Waals surface area contributed by atoms with Crippen molar-refractivity contribution in [1.82, 2.24) is 9.88 Å². The lowest BCUT2D eigenvalue weighted by Crippen LogP contribution is -2.40. The molecule has 0 unspecified atom stereocenters. The van der Waals surface area contributed by atoms with Crippen molar-refractivity contribution in [2.75, 3.05) is 23.3 Å². The highest BCUT2D eigenvalue weighted by atomic mass is 32.1. The zero-order valence-electron chi connectivity index (χ0n) is 18.9. The number of aromatic nitrogens is 1. The molecular weight excluding hydrogens is 448 g/mol. The molecule has 0 saturated carbocycles. The minimum absolute atomic E-state index is 0.00251. The van der Waals surface area contributed by atoms with Gasteiger partial charge in [-0.1, -0.05) is 36.4 Å². The molecule has 0 bridgehead atoms. The highest BCUT2D eigenvalue weighted by molar-refractivity contribution is 7.14. The number of hydrogen-bond acceptors (Lipinski definition) is 5. The van der Waals surface area contributed by atoms with Crippen LogP contribution in [0.5, 0.6) is 0 Å². The number of rotatable bonds is 6. The molecule has 3 amide bonds. The molecule has 0 radical (unpaired) electrons. The maximum atomic E-state index is 12.7. The largest absolute Gasteiger partial charge is 0.339 e. The van der Waals surface area contributed by atoms with Crippen molar-refractivity contribution in [2.45, 2.75) is 19.8 Å². The van der Waals surface area contributed by atoms with Gasteiger partial charge in [-0.15, -0.1) is 11.3 Å². The fourth-order valence-electron chi connectivity index (χ4n) is 3.85. The predicted molar refractivity (Wildman–Crippen MR) is 135 cm³/mol. The normalized spacial score (nSPS) is 14.2. The molecular formula is C26H26N4O3S. The first-order chi connectivity index (χ1) is 16.5. The third-order valence-electron chi connectivity index (χ3n) is 5.65. The van der Waals surface area contributed by atoms with E-state index in [4.69, 9.17) is 0 Å². The molecule has 0 atom stereocenters. The summed E-state index contributed by atoms with van der Waals surface area (Å²) in [4.78, 5) is 45.2. The van der Waals surface area contributed by atoms with Crippen molar-refractivity contribution in [2.24, 2.45) is 5.92 Å². The Morgan fingerprint density at radius 1 is 1.03 bits per heavy atom. The van der Waals surface area contributed by atoms with Crippen LogP contribution < -0.4 is 10.2 Å². The van der Waals surface area contributed by atoms with Crippen LogP contribution in [0.15, 0.2) is 72.1 Å². The summed E-state index contributed by atoms with van der Waals surface area (Å²) in [6, 6.07) is 18.7. The van der Waals surface area contributed by atoms with E-state index < -0.39 is 0 Å². The van der Waals surface area contributed by atoms with Crippen LogP contribution in [0.1, 0.15) is 25.5 Å². The van der Waals surface area contributed by atoms with Crippen molar-refractivity contribution >= 4 is 51.6 Å². The van der Waals surface area contributed by atoms with Crippen LogP contribution in [0.3, 0.4) is 0 Å². The van der Waals surface area contributed by atoms with E-state index in [-0.39, 0.29) is 23.6 Å². The first-order valence-electron chi connectivity index (χ1n) is 11.2. The van der Waals surface area contributed by atoms with E-state index in [0.717, 1.165) is 11.4 Å². The summed E-state index contributed by atoms with van der Waals surface area (Å²) < 4.78 is 0. The number of hydrogen-bond donors (Lipinski definition) is 1. The molecule has 34 heavy (non-hydrogen) atoms. The molecule has 1 saturated heterocycles. The summed E-state index contributed by atoms with van der Waals surface area (Å²) in [7, 11) is 0. The van der Waals surface area contributed by atoms with Crippen LogP contribution in [-0.2, 0) is 14.4 Å². The Labute approximate surface area is 202 Å². The van der Waals surface area contributed by atoms with E-state index in [9.17, 15) is 14.4 Å². The van der Waals surface area contributed by atoms with Gasteiger partial charge in [0.05, 0.1) is 11.4 Å². The topological polar surface area (TPSA) is 82.6 Å². The van der Waals surface area contributed by atoms with Crippen LogP contribution in [-0.4, -0.2) is 40.7 Å². The molecule has 2 aromatic carbocycles. The lowest BCUT2D eigenvalue weighted by Gasteiger charge is -2.30. The first kappa shape index (κ1) is 23.4. The van der Waals surface area contributed by atoms with Gasteiger partial charge in [-0.3, -0.25) is 19.3 Å². The molecule has 1 N–H and O–H groups in total. The number of para-hydroxylation sites is 2. The second-order valence-electron chi connectivity index (χ2n) is 8.03. The predicted octanol–water partition coefficient (Wildman–Crippen LogP) is 4.72. The van der Waals surface area contributed by atoms with Gasteiger partial charge < -0.3 is 10.2 Å². The number of thiazole rings is 1. The van der Waals surface area contributed by atoms with E-state index in [1.54, 1.807) is 15.9 Å². The van der Waals surface area contributed by atoms with E-state index in [1.165, 1.54) is 24.3 Å². The molecule has 1 aliphatic heterocycles. The second-order valence-corrected chi connectivity index (χ2v) is 8.87. The molecule has 3 aromatic rings. The maximum absolute atomic E-state index is 12.7. The lowest BCUT2D eigenvalue weighted by molar-refractivity contribution is -0.130. The summed E-state index contributed by atoms with van der Waals surface area (Å²) in [6.45, 7) is 2.56. The van der Waals surface area contributed by atoms with Gasteiger partial charge in [-0.05, 0) is 43.2 Å². The van der Waals surface area contributed by atoms with Gasteiger partial charge in [0.15, 0.2) is 5.13 Å². The number of nitrogens with zero attached hydrogens (tertiary/aromatic N) is 3.